The molecule has 0 fully saturated rings. The molecule has 1 nitrogen and oxygen atoms in total. The van der Waals surface area contributed by atoms with E-state index < -0.39 is 0 Å². The number of nitrogens with two attached hydrogens (primary N) is 1. The predicted octanol–water partition coefficient (Wildman–Crippen LogP) is 4.00. The Hall–Kier alpha value is -1.32. The van der Waals surface area contributed by atoms with E-state index in [-0.39, 0.29) is 11.9 Å². The molecule has 0 spiro atoms. The molecule has 0 aliphatic carbocycles. The molecule has 0 heterocycles. The van der Waals surface area contributed by atoms with Gasteiger partial charge in [0.25, 0.3) is 0 Å². The van der Waals surface area contributed by atoms with E-state index in [1.54, 1.807) is 6.07 Å². The molecule has 0 aliphatic rings. The van der Waals surface area contributed by atoms with Gasteiger partial charge in [0.15, 0.2) is 0 Å². The summed E-state index contributed by atoms with van der Waals surface area (Å²) in [6, 6.07) is 14.6. The molecule has 1 atom stereocenters. The van der Waals surface area contributed by atoms with Crippen LogP contribution in [0.15, 0.2) is 58.3 Å². The third-order valence-electron chi connectivity index (χ3n) is 2.45. The van der Waals surface area contributed by atoms with Gasteiger partial charge in [-0.15, -0.1) is 0 Å². The second kappa shape index (κ2) is 5.34. The molecular formula is C14H14FNS. The van der Waals surface area contributed by atoms with Crippen LogP contribution in [0.5, 0.6) is 0 Å². The maximum absolute atomic E-state index is 13.8. The zero-order chi connectivity index (χ0) is 12.3. The molecule has 0 aromatic heterocycles. The summed E-state index contributed by atoms with van der Waals surface area (Å²) in [6.07, 6.45) is 0. The first-order chi connectivity index (χ1) is 8.18. The zero-order valence-corrected chi connectivity index (χ0v) is 10.4. The Labute approximate surface area is 105 Å². The molecule has 2 N–H and O–H groups in total. The van der Waals surface area contributed by atoms with Gasteiger partial charge in [0.1, 0.15) is 5.82 Å². The van der Waals surface area contributed by atoms with Gasteiger partial charge in [0.2, 0.25) is 0 Å². The van der Waals surface area contributed by atoms with E-state index in [2.05, 4.69) is 0 Å². The highest BCUT2D eigenvalue weighted by molar-refractivity contribution is 7.99. The van der Waals surface area contributed by atoms with Crippen LogP contribution in [0.3, 0.4) is 0 Å². The number of rotatable bonds is 3. The van der Waals surface area contributed by atoms with E-state index >= 15 is 0 Å². The fraction of sp³-hybridized carbons (Fsp3) is 0.143. The number of halogens is 1. The molecule has 17 heavy (non-hydrogen) atoms. The number of hydrogen-bond acceptors (Lipinski definition) is 2. The Morgan fingerprint density at radius 2 is 1.76 bits per heavy atom. The van der Waals surface area contributed by atoms with E-state index in [9.17, 15) is 4.39 Å². The van der Waals surface area contributed by atoms with Crippen molar-refractivity contribution in [3.05, 3.63) is 59.9 Å². The SMILES string of the molecule is C[C@@H](N)c1cccc(F)c1Sc1ccccc1. The molecule has 3 heteroatoms. The summed E-state index contributed by atoms with van der Waals surface area (Å²) < 4.78 is 13.8. The van der Waals surface area contributed by atoms with Crippen LogP contribution < -0.4 is 5.73 Å². The Morgan fingerprint density at radius 1 is 1.06 bits per heavy atom. The van der Waals surface area contributed by atoms with Crippen molar-refractivity contribution in [3.63, 3.8) is 0 Å². The summed E-state index contributed by atoms with van der Waals surface area (Å²) in [6.45, 7) is 1.86. The van der Waals surface area contributed by atoms with Gasteiger partial charge < -0.3 is 5.73 Å². The maximum Gasteiger partial charge on any atom is 0.137 e. The summed E-state index contributed by atoms with van der Waals surface area (Å²) in [5, 5.41) is 0. The Kier molecular flexibility index (Phi) is 3.82. The quantitative estimate of drug-likeness (QED) is 0.887. The predicted molar refractivity (Wildman–Crippen MR) is 69.6 cm³/mol. The molecule has 2 aromatic carbocycles. The highest BCUT2D eigenvalue weighted by atomic mass is 32.2. The lowest BCUT2D eigenvalue weighted by atomic mass is 10.1. The summed E-state index contributed by atoms with van der Waals surface area (Å²) in [5.41, 5.74) is 6.70. The molecule has 0 saturated carbocycles. The van der Waals surface area contributed by atoms with Crippen LogP contribution in [0.25, 0.3) is 0 Å². The molecule has 0 radical (unpaired) electrons. The molecule has 2 aromatic rings. The lowest BCUT2D eigenvalue weighted by Gasteiger charge is -2.12. The fourth-order valence-corrected chi connectivity index (χ4v) is 2.66. The molecule has 0 bridgehead atoms. The van der Waals surface area contributed by atoms with Gasteiger partial charge >= 0.3 is 0 Å². The minimum Gasteiger partial charge on any atom is -0.324 e. The van der Waals surface area contributed by atoms with Crippen molar-refractivity contribution < 1.29 is 4.39 Å². The molecule has 88 valence electrons. The van der Waals surface area contributed by atoms with Crippen LogP contribution >= 0.6 is 11.8 Å². The van der Waals surface area contributed by atoms with Crippen molar-refractivity contribution in [2.75, 3.05) is 0 Å². The van der Waals surface area contributed by atoms with E-state index in [1.165, 1.54) is 17.8 Å². The van der Waals surface area contributed by atoms with E-state index in [0.717, 1.165) is 10.5 Å². The third kappa shape index (κ3) is 2.87. The van der Waals surface area contributed by atoms with Crippen molar-refractivity contribution in [2.45, 2.75) is 22.8 Å². The molecule has 0 saturated heterocycles. The molecular weight excluding hydrogens is 233 g/mol. The Morgan fingerprint density at radius 3 is 2.41 bits per heavy atom. The average molecular weight is 247 g/mol. The Balaban J connectivity index is 2.38. The summed E-state index contributed by atoms with van der Waals surface area (Å²) in [5.74, 6) is -0.214. The van der Waals surface area contributed by atoms with E-state index in [1.807, 2.05) is 43.3 Å². The highest BCUT2D eigenvalue weighted by Crippen LogP contribution is 2.34. The first-order valence-corrected chi connectivity index (χ1v) is 6.27. The fourth-order valence-electron chi connectivity index (χ4n) is 1.60. The van der Waals surface area contributed by atoms with E-state index in [4.69, 9.17) is 5.73 Å². The minimum atomic E-state index is -0.214. The van der Waals surface area contributed by atoms with E-state index in [0.29, 0.717) is 4.90 Å². The summed E-state index contributed by atoms with van der Waals surface area (Å²) in [4.78, 5) is 1.63. The van der Waals surface area contributed by atoms with Crippen LogP contribution in [0.2, 0.25) is 0 Å². The second-order valence-electron chi connectivity index (χ2n) is 3.86. The van der Waals surface area contributed by atoms with Gasteiger partial charge in [0.05, 0.1) is 4.90 Å². The van der Waals surface area contributed by atoms with Gasteiger partial charge in [0, 0.05) is 10.9 Å². The smallest absolute Gasteiger partial charge is 0.137 e. The van der Waals surface area contributed by atoms with Crippen LogP contribution in [0, 0.1) is 5.82 Å². The summed E-state index contributed by atoms with van der Waals surface area (Å²) >= 11 is 1.41. The van der Waals surface area contributed by atoms with Gasteiger partial charge in [-0.05, 0) is 30.7 Å². The lowest BCUT2D eigenvalue weighted by Crippen LogP contribution is -2.07. The first-order valence-electron chi connectivity index (χ1n) is 5.45. The van der Waals surface area contributed by atoms with Gasteiger partial charge in [-0.3, -0.25) is 0 Å². The second-order valence-corrected chi connectivity index (χ2v) is 4.95. The van der Waals surface area contributed by atoms with Gasteiger partial charge in [-0.25, -0.2) is 4.39 Å². The van der Waals surface area contributed by atoms with Crippen molar-refractivity contribution in [2.24, 2.45) is 5.73 Å². The number of hydrogen-bond donors (Lipinski definition) is 1. The normalized spacial score (nSPS) is 12.4. The van der Waals surface area contributed by atoms with Gasteiger partial charge in [-0.1, -0.05) is 42.1 Å². The van der Waals surface area contributed by atoms with Crippen molar-refractivity contribution in [3.8, 4) is 0 Å². The van der Waals surface area contributed by atoms with Crippen molar-refractivity contribution in [1.82, 2.24) is 0 Å². The monoisotopic (exact) mass is 247 g/mol. The van der Waals surface area contributed by atoms with Crippen molar-refractivity contribution >= 4 is 11.8 Å². The topological polar surface area (TPSA) is 26.0 Å². The minimum absolute atomic E-state index is 0.170. The van der Waals surface area contributed by atoms with Crippen LogP contribution in [-0.4, -0.2) is 0 Å². The Bertz CT molecular complexity index is 497. The van der Waals surface area contributed by atoms with Crippen molar-refractivity contribution in [1.29, 1.82) is 0 Å². The lowest BCUT2D eigenvalue weighted by molar-refractivity contribution is 0.591. The zero-order valence-electron chi connectivity index (χ0n) is 9.56. The van der Waals surface area contributed by atoms with Gasteiger partial charge in [-0.2, -0.15) is 0 Å². The number of benzene rings is 2. The first kappa shape index (κ1) is 12.1. The van der Waals surface area contributed by atoms with Crippen LogP contribution in [0.1, 0.15) is 18.5 Å². The molecule has 0 unspecified atom stereocenters. The average Bonchev–Trinajstić information content (AvgIpc) is 2.33. The molecule has 0 amide bonds. The molecule has 0 aliphatic heterocycles. The third-order valence-corrected chi connectivity index (χ3v) is 3.59. The van der Waals surface area contributed by atoms with Crippen LogP contribution in [0.4, 0.5) is 4.39 Å². The van der Waals surface area contributed by atoms with Crippen LogP contribution in [-0.2, 0) is 0 Å². The molecule has 2 rings (SSSR count). The standard InChI is InChI=1S/C14H14FNS/c1-10(16)12-8-5-9-13(15)14(12)17-11-6-3-2-4-7-11/h2-10H,16H2,1H3/t10-/m1/s1. The highest BCUT2D eigenvalue weighted by Gasteiger charge is 2.12. The largest absolute Gasteiger partial charge is 0.324 e. The summed E-state index contributed by atoms with van der Waals surface area (Å²) in [7, 11) is 0. The maximum atomic E-state index is 13.8.